The Kier molecular flexibility index (Phi) is 5.48. The van der Waals surface area contributed by atoms with E-state index in [2.05, 4.69) is 10.3 Å². The van der Waals surface area contributed by atoms with Gasteiger partial charge in [0.05, 0.1) is 0 Å². The minimum Gasteiger partial charge on any atom is -0.451 e. The molecule has 0 bridgehead atoms. The number of nitrogens with zero attached hydrogens (tertiary/aromatic N) is 1. The Morgan fingerprint density at radius 1 is 1.04 bits per heavy atom. The second-order valence-electron chi connectivity index (χ2n) is 6.07. The molecular weight excluding hydrogens is 415 g/mol. The zero-order valence-corrected chi connectivity index (χ0v) is 16.8. The van der Waals surface area contributed by atoms with Crippen LogP contribution in [0.1, 0.15) is 21.0 Å². The lowest BCUT2D eigenvalue weighted by molar-refractivity contribution is 0.0997. The van der Waals surface area contributed by atoms with Crippen LogP contribution in [0.2, 0.25) is 10.0 Å². The maximum Gasteiger partial charge on any atom is 0.293 e. The summed E-state index contributed by atoms with van der Waals surface area (Å²) in [6.45, 7) is 0. The van der Waals surface area contributed by atoms with Crippen LogP contribution in [0.4, 0.5) is 5.13 Å². The van der Waals surface area contributed by atoms with Crippen molar-refractivity contribution in [3.05, 3.63) is 93.1 Å². The number of rotatable bonds is 5. The predicted octanol–water partition coefficient (Wildman–Crippen LogP) is 6.55. The quantitative estimate of drug-likeness (QED) is 0.391. The minimum absolute atomic E-state index is 0.210. The molecule has 0 saturated carbocycles. The number of carbonyl (C=O) groups excluding carboxylic acids is 1. The number of halogens is 2. The molecule has 28 heavy (non-hydrogen) atoms. The van der Waals surface area contributed by atoms with Gasteiger partial charge in [0.25, 0.3) is 5.91 Å². The predicted molar refractivity (Wildman–Crippen MR) is 113 cm³/mol. The number of thiazole rings is 1. The Balaban J connectivity index is 1.44. The summed E-state index contributed by atoms with van der Waals surface area (Å²) in [6.07, 6.45) is 2.45. The Morgan fingerprint density at radius 3 is 2.61 bits per heavy atom. The van der Waals surface area contributed by atoms with Crippen molar-refractivity contribution in [2.24, 2.45) is 0 Å². The van der Waals surface area contributed by atoms with Crippen LogP contribution in [-0.2, 0) is 6.42 Å². The summed E-state index contributed by atoms with van der Waals surface area (Å²) in [5.74, 6) is 0.437. The zero-order valence-electron chi connectivity index (χ0n) is 14.5. The number of hydrogen-bond acceptors (Lipinski definition) is 4. The summed E-state index contributed by atoms with van der Waals surface area (Å²) in [4.78, 5) is 17.8. The highest BCUT2D eigenvalue weighted by Crippen LogP contribution is 2.26. The van der Waals surface area contributed by atoms with Crippen LogP contribution in [0.25, 0.3) is 11.3 Å². The van der Waals surface area contributed by atoms with E-state index in [-0.39, 0.29) is 11.7 Å². The molecule has 0 radical (unpaired) electrons. The van der Waals surface area contributed by atoms with Gasteiger partial charge < -0.3 is 4.42 Å². The molecule has 0 aliphatic heterocycles. The van der Waals surface area contributed by atoms with Crippen LogP contribution >= 0.6 is 34.5 Å². The van der Waals surface area contributed by atoms with Gasteiger partial charge in [-0.05, 0) is 42.0 Å². The number of benzene rings is 2. The minimum atomic E-state index is -0.350. The fourth-order valence-corrected chi connectivity index (χ4v) is 3.96. The normalized spacial score (nSPS) is 10.8. The number of nitrogens with one attached hydrogen (secondary N) is 1. The molecule has 4 rings (SSSR count). The Labute approximate surface area is 175 Å². The number of anilines is 1. The van der Waals surface area contributed by atoms with E-state index < -0.39 is 0 Å². The van der Waals surface area contributed by atoms with E-state index >= 15 is 0 Å². The van der Waals surface area contributed by atoms with E-state index in [4.69, 9.17) is 27.6 Å². The highest BCUT2D eigenvalue weighted by molar-refractivity contribution is 7.15. The molecule has 0 atom stereocenters. The van der Waals surface area contributed by atoms with Crippen molar-refractivity contribution in [2.75, 3.05) is 5.32 Å². The fraction of sp³-hybridized carbons (Fsp3) is 0.0476. The fourth-order valence-electron chi connectivity index (χ4n) is 2.71. The molecule has 0 fully saturated rings. The number of amides is 1. The molecule has 0 aliphatic rings. The van der Waals surface area contributed by atoms with Crippen molar-refractivity contribution in [3.8, 4) is 11.3 Å². The van der Waals surface area contributed by atoms with Gasteiger partial charge in [0.2, 0.25) is 0 Å². The van der Waals surface area contributed by atoms with Gasteiger partial charge in [-0.1, -0.05) is 47.5 Å². The number of furan rings is 1. The van der Waals surface area contributed by atoms with Gasteiger partial charge in [0.15, 0.2) is 10.9 Å². The van der Waals surface area contributed by atoms with Crippen LogP contribution in [0, 0.1) is 0 Å². The molecule has 7 heteroatoms. The lowest BCUT2D eigenvalue weighted by Gasteiger charge is -2.00. The molecule has 2 aromatic carbocycles. The molecule has 0 saturated heterocycles. The summed E-state index contributed by atoms with van der Waals surface area (Å²) in [6, 6.07) is 18.3. The van der Waals surface area contributed by atoms with Crippen molar-refractivity contribution >= 4 is 45.6 Å². The average Bonchev–Trinajstić information content (AvgIpc) is 3.32. The highest BCUT2D eigenvalue weighted by atomic mass is 35.5. The van der Waals surface area contributed by atoms with E-state index in [0.29, 0.717) is 27.4 Å². The smallest absolute Gasteiger partial charge is 0.293 e. The van der Waals surface area contributed by atoms with Crippen molar-refractivity contribution in [2.45, 2.75) is 6.42 Å². The number of carbonyl (C=O) groups is 1. The number of aromatic nitrogens is 1. The molecule has 0 aliphatic carbocycles. The molecule has 140 valence electrons. The lowest BCUT2D eigenvalue weighted by Crippen LogP contribution is -2.10. The van der Waals surface area contributed by atoms with Crippen LogP contribution in [-0.4, -0.2) is 10.9 Å². The first-order valence-electron chi connectivity index (χ1n) is 8.43. The van der Waals surface area contributed by atoms with E-state index in [0.717, 1.165) is 16.0 Å². The molecule has 4 nitrogen and oxygen atoms in total. The zero-order chi connectivity index (χ0) is 19.5. The summed E-state index contributed by atoms with van der Waals surface area (Å²) >= 11 is 13.4. The molecule has 0 spiro atoms. The standard InChI is InChI=1S/C21H14Cl2N2O2S/c22-15-5-1-3-13(9-15)10-17-12-24-21(28-17)25-20(26)19-8-7-18(27-19)14-4-2-6-16(23)11-14/h1-9,11-12H,10H2,(H,24,25,26). The molecule has 1 amide bonds. The molecule has 0 unspecified atom stereocenters. The van der Waals surface area contributed by atoms with Gasteiger partial charge in [-0.3, -0.25) is 10.1 Å². The lowest BCUT2D eigenvalue weighted by atomic mass is 10.1. The first-order valence-corrected chi connectivity index (χ1v) is 10.0. The van der Waals surface area contributed by atoms with Crippen molar-refractivity contribution in [3.63, 3.8) is 0 Å². The van der Waals surface area contributed by atoms with E-state index in [1.807, 2.05) is 36.4 Å². The third kappa shape index (κ3) is 4.44. The van der Waals surface area contributed by atoms with Crippen molar-refractivity contribution in [1.29, 1.82) is 0 Å². The molecule has 1 N–H and O–H groups in total. The van der Waals surface area contributed by atoms with Crippen LogP contribution < -0.4 is 5.32 Å². The summed E-state index contributed by atoms with van der Waals surface area (Å²) in [5, 5.41) is 4.60. The Hall–Kier alpha value is -2.60. The van der Waals surface area contributed by atoms with E-state index in [9.17, 15) is 4.79 Å². The topological polar surface area (TPSA) is 55.1 Å². The molecule has 4 aromatic rings. The Morgan fingerprint density at radius 2 is 1.82 bits per heavy atom. The van der Waals surface area contributed by atoms with Gasteiger partial charge >= 0.3 is 0 Å². The second-order valence-corrected chi connectivity index (χ2v) is 8.05. The van der Waals surface area contributed by atoms with Gasteiger partial charge in [-0.2, -0.15) is 0 Å². The Bertz CT molecular complexity index is 1140. The highest BCUT2D eigenvalue weighted by Gasteiger charge is 2.14. The van der Waals surface area contributed by atoms with Gasteiger partial charge in [-0.25, -0.2) is 4.98 Å². The van der Waals surface area contributed by atoms with Gasteiger partial charge in [0.1, 0.15) is 5.76 Å². The third-order valence-electron chi connectivity index (χ3n) is 3.98. The van der Waals surface area contributed by atoms with Crippen LogP contribution in [0.15, 0.2) is 71.3 Å². The largest absolute Gasteiger partial charge is 0.451 e. The van der Waals surface area contributed by atoms with Crippen molar-refractivity contribution in [1.82, 2.24) is 4.98 Å². The van der Waals surface area contributed by atoms with Crippen molar-refractivity contribution < 1.29 is 9.21 Å². The first kappa shape index (κ1) is 18.7. The maximum atomic E-state index is 12.5. The van der Waals surface area contributed by atoms with Crippen LogP contribution in [0.3, 0.4) is 0 Å². The molecule has 2 aromatic heterocycles. The monoisotopic (exact) mass is 428 g/mol. The molecular formula is C21H14Cl2N2O2S. The maximum absolute atomic E-state index is 12.5. The SMILES string of the molecule is O=C(Nc1ncc(Cc2cccc(Cl)c2)s1)c1ccc(-c2cccc(Cl)c2)o1. The summed E-state index contributed by atoms with van der Waals surface area (Å²) in [5.41, 5.74) is 1.90. The van der Waals surface area contributed by atoms with Gasteiger partial charge in [-0.15, -0.1) is 11.3 Å². The van der Waals surface area contributed by atoms with Crippen LogP contribution in [0.5, 0.6) is 0 Å². The number of hydrogen-bond donors (Lipinski definition) is 1. The average molecular weight is 429 g/mol. The molecule has 2 heterocycles. The summed E-state index contributed by atoms with van der Waals surface area (Å²) in [7, 11) is 0. The third-order valence-corrected chi connectivity index (χ3v) is 5.36. The summed E-state index contributed by atoms with van der Waals surface area (Å²) < 4.78 is 5.67. The van der Waals surface area contributed by atoms with E-state index in [1.165, 1.54) is 11.3 Å². The first-order chi connectivity index (χ1) is 13.6. The second kappa shape index (κ2) is 8.19. The van der Waals surface area contributed by atoms with E-state index in [1.54, 1.807) is 30.5 Å². The van der Waals surface area contributed by atoms with Gasteiger partial charge in [0, 0.05) is 33.1 Å².